The van der Waals surface area contributed by atoms with Gasteiger partial charge in [-0.15, -0.1) is 0 Å². The first kappa shape index (κ1) is 15.9. The number of carbonyl (C=O) groups excluding carboxylic acids is 1. The molecule has 0 radical (unpaired) electrons. The maximum atomic E-state index is 12.1. The first-order chi connectivity index (χ1) is 11.8. The molecule has 0 fully saturated rings. The van der Waals surface area contributed by atoms with E-state index in [-0.39, 0.29) is 12.7 Å². The second-order valence-corrected chi connectivity index (χ2v) is 5.18. The molecule has 1 amide bonds. The van der Waals surface area contributed by atoms with Gasteiger partial charge in [-0.2, -0.15) is 5.10 Å². The lowest BCUT2D eigenvalue weighted by molar-refractivity contribution is 0.0954. The van der Waals surface area contributed by atoms with E-state index in [4.69, 9.17) is 14.2 Å². The fourth-order valence-electron chi connectivity index (χ4n) is 2.14. The molecule has 1 N–H and O–H groups in total. The van der Waals surface area contributed by atoms with E-state index in [1.54, 1.807) is 24.4 Å². The lowest BCUT2D eigenvalue weighted by atomic mass is 10.2. The van der Waals surface area contributed by atoms with Crippen molar-refractivity contribution in [3.05, 3.63) is 53.6 Å². The molecule has 2 aromatic rings. The van der Waals surface area contributed by atoms with Crippen molar-refractivity contribution in [1.29, 1.82) is 0 Å². The van der Waals surface area contributed by atoms with Crippen molar-refractivity contribution in [2.24, 2.45) is 5.10 Å². The zero-order valence-corrected chi connectivity index (χ0v) is 13.3. The predicted octanol–water partition coefficient (Wildman–Crippen LogP) is 2.97. The molecule has 24 heavy (non-hydrogen) atoms. The van der Waals surface area contributed by atoms with E-state index < -0.39 is 0 Å². The minimum absolute atomic E-state index is 0.177. The largest absolute Gasteiger partial charge is 0.494 e. The van der Waals surface area contributed by atoms with Crippen molar-refractivity contribution in [3.63, 3.8) is 0 Å². The Morgan fingerprint density at radius 2 is 2.00 bits per heavy atom. The van der Waals surface area contributed by atoms with Crippen molar-refractivity contribution in [2.75, 3.05) is 13.4 Å². The van der Waals surface area contributed by atoms with Crippen molar-refractivity contribution < 1.29 is 19.0 Å². The summed E-state index contributed by atoms with van der Waals surface area (Å²) in [6.45, 7) is 2.93. The molecule has 0 aliphatic carbocycles. The van der Waals surface area contributed by atoms with E-state index in [1.165, 1.54) is 0 Å². The van der Waals surface area contributed by atoms with E-state index in [0.29, 0.717) is 23.7 Å². The Hall–Kier alpha value is -3.02. The van der Waals surface area contributed by atoms with Gasteiger partial charge in [0.15, 0.2) is 11.5 Å². The third-order valence-electron chi connectivity index (χ3n) is 3.37. The highest BCUT2D eigenvalue weighted by molar-refractivity contribution is 5.95. The summed E-state index contributed by atoms with van der Waals surface area (Å²) >= 11 is 0. The Balaban J connectivity index is 1.56. The molecule has 3 rings (SSSR count). The maximum Gasteiger partial charge on any atom is 0.271 e. The molecule has 0 unspecified atom stereocenters. The maximum absolute atomic E-state index is 12.1. The van der Waals surface area contributed by atoms with Crippen molar-refractivity contribution in [2.45, 2.75) is 13.3 Å². The average molecular weight is 326 g/mol. The molecule has 6 heteroatoms. The van der Waals surface area contributed by atoms with Crippen LogP contribution in [0, 0.1) is 0 Å². The van der Waals surface area contributed by atoms with Crippen LogP contribution in [0.3, 0.4) is 0 Å². The zero-order valence-electron chi connectivity index (χ0n) is 13.3. The van der Waals surface area contributed by atoms with E-state index in [9.17, 15) is 4.79 Å². The Bertz CT molecular complexity index is 741. The molecular weight excluding hydrogens is 308 g/mol. The van der Waals surface area contributed by atoms with Gasteiger partial charge in [-0.25, -0.2) is 5.43 Å². The third kappa shape index (κ3) is 3.84. The molecule has 0 saturated carbocycles. The van der Waals surface area contributed by atoms with Crippen LogP contribution in [0.1, 0.15) is 29.3 Å². The molecule has 1 heterocycles. The number of carbonyl (C=O) groups is 1. The second-order valence-electron chi connectivity index (χ2n) is 5.18. The monoisotopic (exact) mass is 326 g/mol. The SMILES string of the molecule is CCCOc1ccc(/C=N/NC(=O)c2ccc3c(c2)OCO3)cc1. The first-order valence-corrected chi connectivity index (χ1v) is 7.72. The smallest absolute Gasteiger partial charge is 0.271 e. The fourth-order valence-corrected chi connectivity index (χ4v) is 2.14. The highest BCUT2D eigenvalue weighted by atomic mass is 16.7. The Morgan fingerprint density at radius 3 is 2.79 bits per heavy atom. The van der Waals surface area contributed by atoms with Gasteiger partial charge in [0.2, 0.25) is 6.79 Å². The highest BCUT2D eigenvalue weighted by Gasteiger charge is 2.15. The number of fused-ring (bicyclic) bond motifs is 1. The Kier molecular flexibility index (Phi) is 4.96. The third-order valence-corrected chi connectivity index (χ3v) is 3.37. The summed E-state index contributed by atoms with van der Waals surface area (Å²) in [6.07, 6.45) is 2.55. The number of hydrogen-bond donors (Lipinski definition) is 1. The summed E-state index contributed by atoms with van der Waals surface area (Å²) in [6, 6.07) is 12.5. The minimum atomic E-state index is -0.313. The van der Waals surface area contributed by atoms with E-state index in [1.807, 2.05) is 24.3 Å². The number of nitrogens with one attached hydrogen (secondary N) is 1. The van der Waals surface area contributed by atoms with Gasteiger partial charge in [-0.1, -0.05) is 6.92 Å². The van der Waals surface area contributed by atoms with Crippen LogP contribution in [0.5, 0.6) is 17.2 Å². The van der Waals surface area contributed by atoms with Gasteiger partial charge in [-0.05, 0) is 54.4 Å². The lowest BCUT2D eigenvalue weighted by Gasteiger charge is -2.04. The summed E-state index contributed by atoms with van der Waals surface area (Å²) in [5.41, 5.74) is 3.81. The molecule has 0 atom stereocenters. The van der Waals surface area contributed by atoms with Gasteiger partial charge in [0, 0.05) is 5.56 Å². The van der Waals surface area contributed by atoms with Crippen LogP contribution in [-0.4, -0.2) is 25.5 Å². The van der Waals surface area contributed by atoms with Crippen molar-refractivity contribution in [1.82, 2.24) is 5.43 Å². The molecule has 0 saturated heterocycles. The fraction of sp³-hybridized carbons (Fsp3) is 0.222. The van der Waals surface area contributed by atoms with E-state index >= 15 is 0 Å². The average Bonchev–Trinajstić information content (AvgIpc) is 3.08. The van der Waals surface area contributed by atoms with Crippen molar-refractivity contribution >= 4 is 12.1 Å². The van der Waals surface area contributed by atoms with Crippen LogP contribution in [0.2, 0.25) is 0 Å². The number of hydrazone groups is 1. The van der Waals surface area contributed by atoms with Crippen LogP contribution in [0.4, 0.5) is 0 Å². The van der Waals surface area contributed by atoms with Crippen LogP contribution in [-0.2, 0) is 0 Å². The zero-order chi connectivity index (χ0) is 16.8. The molecule has 0 aromatic heterocycles. The second kappa shape index (κ2) is 7.50. The first-order valence-electron chi connectivity index (χ1n) is 7.72. The molecule has 0 bridgehead atoms. The summed E-state index contributed by atoms with van der Waals surface area (Å²) < 4.78 is 16.0. The molecule has 1 aliphatic rings. The van der Waals surface area contributed by atoms with Crippen molar-refractivity contribution in [3.8, 4) is 17.2 Å². The molecular formula is C18H18N2O4. The van der Waals surface area contributed by atoms with Gasteiger partial charge in [0.25, 0.3) is 5.91 Å². The minimum Gasteiger partial charge on any atom is -0.494 e. The van der Waals surface area contributed by atoms with E-state index in [0.717, 1.165) is 17.7 Å². The standard InChI is InChI=1S/C18H18N2O4/c1-2-9-22-15-6-3-13(4-7-15)11-19-20-18(21)14-5-8-16-17(10-14)24-12-23-16/h3-8,10-11H,2,9,12H2,1H3,(H,20,21)/b19-11+. The molecule has 1 aliphatic heterocycles. The molecule has 124 valence electrons. The predicted molar refractivity (Wildman–Crippen MR) is 89.9 cm³/mol. The molecule has 0 spiro atoms. The molecule has 2 aromatic carbocycles. The number of amides is 1. The summed E-state index contributed by atoms with van der Waals surface area (Å²) in [5, 5.41) is 3.97. The van der Waals surface area contributed by atoms with Crippen LogP contribution >= 0.6 is 0 Å². The van der Waals surface area contributed by atoms with Gasteiger partial charge in [-0.3, -0.25) is 4.79 Å². The number of benzene rings is 2. The van der Waals surface area contributed by atoms with Gasteiger partial charge in [0.05, 0.1) is 12.8 Å². The normalized spacial score (nSPS) is 12.4. The number of hydrogen-bond acceptors (Lipinski definition) is 5. The van der Waals surface area contributed by atoms with E-state index in [2.05, 4.69) is 17.5 Å². The topological polar surface area (TPSA) is 69.2 Å². The van der Waals surface area contributed by atoms with Crippen LogP contribution in [0.15, 0.2) is 47.6 Å². The summed E-state index contributed by atoms with van der Waals surface area (Å²) in [4.78, 5) is 12.1. The summed E-state index contributed by atoms with van der Waals surface area (Å²) in [5.74, 6) is 1.71. The Morgan fingerprint density at radius 1 is 1.21 bits per heavy atom. The van der Waals surface area contributed by atoms with Crippen LogP contribution in [0.25, 0.3) is 0 Å². The molecule has 6 nitrogen and oxygen atoms in total. The number of nitrogens with zero attached hydrogens (tertiary/aromatic N) is 1. The van der Waals surface area contributed by atoms with Gasteiger partial charge in [0.1, 0.15) is 5.75 Å². The quantitative estimate of drug-likeness (QED) is 0.654. The van der Waals surface area contributed by atoms with Gasteiger partial charge >= 0.3 is 0 Å². The Labute approximate surface area is 140 Å². The highest BCUT2D eigenvalue weighted by Crippen LogP contribution is 2.32. The van der Waals surface area contributed by atoms with Gasteiger partial charge < -0.3 is 14.2 Å². The number of rotatable bonds is 6. The lowest BCUT2D eigenvalue weighted by Crippen LogP contribution is -2.17. The van der Waals surface area contributed by atoms with Crippen LogP contribution < -0.4 is 19.6 Å². The number of ether oxygens (including phenoxy) is 3. The summed E-state index contributed by atoms with van der Waals surface area (Å²) in [7, 11) is 0.